The molecule has 2 rings (SSSR count). The van der Waals surface area contributed by atoms with E-state index in [-0.39, 0.29) is 6.04 Å². The third-order valence-corrected chi connectivity index (χ3v) is 4.19. The van der Waals surface area contributed by atoms with Crippen molar-refractivity contribution in [3.63, 3.8) is 0 Å². The topological polar surface area (TPSA) is 51.0 Å². The zero-order valence-corrected chi connectivity index (χ0v) is 13.8. The number of nitrogens with one attached hydrogen (secondary N) is 1. The molecular weight excluding hydrogens is 342 g/mol. The van der Waals surface area contributed by atoms with Crippen molar-refractivity contribution < 1.29 is 4.42 Å². The molecule has 0 aliphatic rings. The van der Waals surface area contributed by atoms with Gasteiger partial charge in [-0.25, -0.2) is 0 Å². The van der Waals surface area contributed by atoms with Crippen LogP contribution in [0, 0.1) is 0 Å². The molecular formula is C14H17BrClN3O. The first-order chi connectivity index (χ1) is 9.65. The molecule has 0 amide bonds. The highest BCUT2D eigenvalue weighted by molar-refractivity contribution is 9.10. The molecule has 0 spiro atoms. The van der Waals surface area contributed by atoms with Crippen LogP contribution in [0.1, 0.15) is 38.6 Å². The number of aromatic nitrogens is 2. The standard InChI is InChI=1S/C14H17BrClN3O/c1-3-7-17-12(4-2)14-19-18-13(20-14)9-5-6-10(15)11(16)8-9/h5-6,8,12,17H,3-4,7H2,1-2H3. The van der Waals surface area contributed by atoms with Gasteiger partial charge < -0.3 is 9.73 Å². The van der Waals surface area contributed by atoms with Crippen LogP contribution in [0.15, 0.2) is 27.1 Å². The van der Waals surface area contributed by atoms with Crippen LogP contribution in [0.5, 0.6) is 0 Å². The first kappa shape index (κ1) is 15.5. The van der Waals surface area contributed by atoms with Crippen molar-refractivity contribution in [2.45, 2.75) is 32.7 Å². The Bertz CT molecular complexity index is 573. The molecule has 1 aromatic carbocycles. The normalized spacial score (nSPS) is 12.6. The summed E-state index contributed by atoms with van der Waals surface area (Å²) in [6, 6.07) is 5.67. The van der Waals surface area contributed by atoms with E-state index in [1.165, 1.54) is 0 Å². The minimum atomic E-state index is 0.0992. The van der Waals surface area contributed by atoms with Crippen molar-refractivity contribution in [2.24, 2.45) is 0 Å². The molecule has 0 aliphatic carbocycles. The first-order valence-electron chi connectivity index (χ1n) is 6.67. The van der Waals surface area contributed by atoms with Crippen LogP contribution in [-0.2, 0) is 0 Å². The van der Waals surface area contributed by atoms with Crippen molar-refractivity contribution in [3.05, 3.63) is 33.6 Å². The van der Waals surface area contributed by atoms with Gasteiger partial charge in [-0.1, -0.05) is 25.4 Å². The molecule has 2 aromatic rings. The molecule has 0 radical (unpaired) electrons. The maximum Gasteiger partial charge on any atom is 0.247 e. The van der Waals surface area contributed by atoms with Crippen LogP contribution in [0.4, 0.5) is 0 Å². The van der Waals surface area contributed by atoms with E-state index in [4.69, 9.17) is 16.0 Å². The smallest absolute Gasteiger partial charge is 0.247 e. The molecule has 0 aliphatic heterocycles. The molecule has 0 saturated heterocycles. The Morgan fingerprint density at radius 2 is 2.15 bits per heavy atom. The van der Waals surface area contributed by atoms with Gasteiger partial charge in [0.15, 0.2) is 0 Å². The molecule has 1 atom stereocenters. The lowest BCUT2D eigenvalue weighted by Crippen LogP contribution is -2.21. The Balaban J connectivity index is 2.20. The Morgan fingerprint density at radius 1 is 1.35 bits per heavy atom. The molecule has 1 aromatic heterocycles. The van der Waals surface area contributed by atoms with Crippen LogP contribution in [0.3, 0.4) is 0 Å². The third-order valence-electron chi connectivity index (χ3n) is 2.95. The molecule has 20 heavy (non-hydrogen) atoms. The van der Waals surface area contributed by atoms with E-state index in [1.807, 2.05) is 18.2 Å². The summed E-state index contributed by atoms with van der Waals surface area (Å²) >= 11 is 9.44. The first-order valence-corrected chi connectivity index (χ1v) is 7.85. The van der Waals surface area contributed by atoms with E-state index in [1.54, 1.807) is 0 Å². The number of hydrogen-bond donors (Lipinski definition) is 1. The SMILES string of the molecule is CCCNC(CC)c1nnc(-c2ccc(Br)c(Cl)c2)o1. The summed E-state index contributed by atoms with van der Waals surface area (Å²) in [6.07, 6.45) is 1.97. The van der Waals surface area contributed by atoms with E-state index in [2.05, 4.69) is 45.3 Å². The molecule has 0 fully saturated rings. The lowest BCUT2D eigenvalue weighted by atomic mass is 10.2. The molecule has 6 heteroatoms. The Labute approximate surface area is 132 Å². The number of hydrogen-bond acceptors (Lipinski definition) is 4. The number of halogens is 2. The van der Waals surface area contributed by atoms with Gasteiger partial charge in [0.1, 0.15) is 0 Å². The number of rotatable bonds is 6. The zero-order valence-electron chi connectivity index (χ0n) is 11.5. The average molecular weight is 359 g/mol. The van der Waals surface area contributed by atoms with Gasteiger partial charge in [0.2, 0.25) is 11.8 Å². The second-order valence-electron chi connectivity index (χ2n) is 4.49. The fourth-order valence-electron chi connectivity index (χ4n) is 1.85. The summed E-state index contributed by atoms with van der Waals surface area (Å²) in [5, 5.41) is 12.3. The van der Waals surface area contributed by atoms with E-state index in [0.29, 0.717) is 16.8 Å². The average Bonchev–Trinajstić information content (AvgIpc) is 2.92. The van der Waals surface area contributed by atoms with Gasteiger partial charge in [-0.15, -0.1) is 10.2 Å². The van der Waals surface area contributed by atoms with Crippen molar-refractivity contribution in [1.29, 1.82) is 0 Å². The van der Waals surface area contributed by atoms with Gasteiger partial charge in [0.25, 0.3) is 0 Å². The van der Waals surface area contributed by atoms with Gasteiger partial charge in [0.05, 0.1) is 11.1 Å². The van der Waals surface area contributed by atoms with Crippen molar-refractivity contribution >= 4 is 27.5 Å². The molecule has 0 bridgehead atoms. The number of benzene rings is 1. The Hall–Kier alpha value is -0.910. The molecule has 1 N–H and O–H groups in total. The summed E-state index contributed by atoms with van der Waals surface area (Å²) in [5.74, 6) is 1.11. The summed E-state index contributed by atoms with van der Waals surface area (Å²) in [7, 11) is 0. The summed E-state index contributed by atoms with van der Waals surface area (Å²) < 4.78 is 6.60. The van der Waals surface area contributed by atoms with E-state index >= 15 is 0 Å². The highest BCUT2D eigenvalue weighted by atomic mass is 79.9. The van der Waals surface area contributed by atoms with Gasteiger partial charge in [-0.3, -0.25) is 0 Å². The predicted octanol–water partition coefficient (Wildman–Crippen LogP) is 4.60. The molecule has 1 heterocycles. The van der Waals surface area contributed by atoms with Crippen LogP contribution < -0.4 is 5.32 Å². The highest BCUT2D eigenvalue weighted by Gasteiger charge is 2.17. The fraction of sp³-hybridized carbons (Fsp3) is 0.429. The van der Waals surface area contributed by atoms with Crippen LogP contribution in [-0.4, -0.2) is 16.7 Å². The lowest BCUT2D eigenvalue weighted by molar-refractivity contribution is 0.396. The molecule has 108 valence electrons. The summed E-state index contributed by atoms with van der Waals surface area (Å²) in [5.41, 5.74) is 0.822. The largest absolute Gasteiger partial charge is 0.419 e. The maximum atomic E-state index is 6.08. The molecule has 4 nitrogen and oxygen atoms in total. The fourth-order valence-corrected chi connectivity index (χ4v) is 2.27. The van der Waals surface area contributed by atoms with Crippen LogP contribution >= 0.6 is 27.5 Å². The van der Waals surface area contributed by atoms with Gasteiger partial charge in [-0.05, 0) is 53.5 Å². The minimum Gasteiger partial charge on any atom is -0.419 e. The van der Waals surface area contributed by atoms with E-state index in [9.17, 15) is 0 Å². The third kappa shape index (κ3) is 3.59. The van der Waals surface area contributed by atoms with Crippen LogP contribution in [0.25, 0.3) is 11.5 Å². The number of nitrogens with zero attached hydrogens (tertiary/aromatic N) is 2. The minimum absolute atomic E-state index is 0.0992. The predicted molar refractivity (Wildman–Crippen MR) is 83.8 cm³/mol. The maximum absolute atomic E-state index is 6.08. The van der Waals surface area contributed by atoms with Crippen molar-refractivity contribution in [1.82, 2.24) is 15.5 Å². The quantitative estimate of drug-likeness (QED) is 0.819. The van der Waals surface area contributed by atoms with Crippen LogP contribution in [0.2, 0.25) is 5.02 Å². The van der Waals surface area contributed by atoms with E-state index in [0.717, 1.165) is 29.4 Å². The Kier molecular flexibility index (Phi) is 5.57. The van der Waals surface area contributed by atoms with Crippen molar-refractivity contribution in [2.75, 3.05) is 6.54 Å². The van der Waals surface area contributed by atoms with Gasteiger partial charge >= 0.3 is 0 Å². The summed E-state index contributed by atoms with van der Waals surface area (Å²) in [4.78, 5) is 0. The van der Waals surface area contributed by atoms with Crippen molar-refractivity contribution in [3.8, 4) is 11.5 Å². The summed E-state index contributed by atoms with van der Waals surface area (Å²) in [6.45, 7) is 5.15. The monoisotopic (exact) mass is 357 g/mol. The zero-order chi connectivity index (χ0) is 14.5. The highest BCUT2D eigenvalue weighted by Crippen LogP contribution is 2.29. The molecule has 0 saturated carbocycles. The lowest BCUT2D eigenvalue weighted by Gasteiger charge is -2.11. The molecule has 1 unspecified atom stereocenters. The van der Waals surface area contributed by atoms with Gasteiger partial charge in [0, 0.05) is 10.0 Å². The second-order valence-corrected chi connectivity index (χ2v) is 5.75. The van der Waals surface area contributed by atoms with E-state index < -0.39 is 0 Å². The van der Waals surface area contributed by atoms with Gasteiger partial charge in [-0.2, -0.15) is 0 Å². The second kappa shape index (κ2) is 7.20. The Morgan fingerprint density at radius 3 is 2.80 bits per heavy atom.